The van der Waals surface area contributed by atoms with Gasteiger partial charge in [0.1, 0.15) is 0 Å². The van der Waals surface area contributed by atoms with E-state index >= 15 is 0 Å². The molecule has 1 aromatic carbocycles. The van der Waals surface area contributed by atoms with E-state index in [1.807, 2.05) is 29.6 Å². The van der Waals surface area contributed by atoms with Crippen LogP contribution in [0.5, 0.6) is 0 Å². The number of carbonyl (C=O) groups excluding carboxylic acids is 1. The van der Waals surface area contributed by atoms with Gasteiger partial charge in [-0.2, -0.15) is 4.98 Å². The van der Waals surface area contributed by atoms with Gasteiger partial charge in [-0.15, -0.1) is 23.1 Å². The predicted molar refractivity (Wildman–Crippen MR) is 95.3 cm³/mol. The SMILES string of the molecule is Cc1nc(CSc2ccccc2C(=O)NCc2sccc2C)no1. The van der Waals surface area contributed by atoms with E-state index in [0.717, 1.165) is 4.90 Å². The molecule has 3 aromatic rings. The summed E-state index contributed by atoms with van der Waals surface area (Å²) in [5, 5.41) is 8.91. The third-order valence-corrected chi connectivity index (χ3v) is 5.53. The molecule has 0 aliphatic heterocycles. The van der Waals surface area contributed by atoms with E-state index in [9.17, 15) is 4.79 Å². The molecule has 0 saturated heterocycles. The maximum atomic E-state index is 12.5. The van der Waals surface area contributed by atoms with Crippen LogP contribution in [0.2, 0.25) is 0 Å². The van der Waals surface area contributed by atoms with Crippen LogP contribution in [-0.4, -0.2) is 16.0 Å². The highest BCUT2D eigenvalue weighted by Gasteiger charge is 2.13. The number of benzene rings is 1. The maximum Gasteiger partial charge on any atom is 0.252 e. The van der Waals surface area contributed by atoms with Gasteiger partial charge in [0.05, 0.1) is 17.9 Å². The van der Waals surface area contributed by atoms with Crippen LogP contribution in [0, 0.1) is 13.8 Å². The number of amides is 1. The number of nitrogens with zero attached hydrogens (tertiary/aromatic N) is 2. The molecule has 0 spiro atoms. The first-order valence-electron chi connectivity index (χ1n) is 7.45. The number of hydrogen-bond acceptors (Lipinski definition) is 6. The summed E-state index contributed by atoms with van der Waals surface area (Å²) in [7, 11) is 0. The average Bonchev–Trinajstić information content (AvgIpc) is 3.19. The molecule has 2 aromatic heterocycles. The van der Waals surface area contributed by atoms with E-state index in [4.69, 9.17) is 4.52 Å². The number of thiophene rings is 1. The van der Waals surface area contributed by atoms with E-state index in [1.165, 1.54) is 22.2 Å². The number of aryl methyl sites for hydroxylation is 2. The molecule has 1 amide bonds. The standard InChI is InChI=1S/C17H17N3O2S2/c1-11-7-8-23-15(11)9-18-17(21)13-5-3-4-6-14(13)24-10-16-19-12(2)22-20-16/h3-8H,9-10H2,1-2H3,(H,18,21). The highest BCUT2D eigenvalue weighted by Crippen LogP contribution is 2.25. The summed E-state index contributed by atoms with van der Waals surface area (Å²) in [6.07, 6.45) is 0. The lowest BCUT2D eigenvalue weighted by Crippen LogP contribution is -2.23. The summed E-state index contributed by atoms with van der Waals surface area (Å²) in [5.74, 6) is 1.66. The van der Waals surface area contributed by atoms with Crippen molar-refractivity contribution in [3.05, 3.63) is 63.4 Å². The smallest absolute Gasteiger partial charge is 0.252 e. The van der Waals surface area contributed by atoms with Crippen LogP contribution in [0.3, 0.4) is 0 Å². The van der Waals surface area contributed by atoms with Gasteiger partial charge in [0.2, 0.25) is 5.89 Å². The van der Waals surface area contributed by atoms with Gasteiger partial charge in [0.25, 0.3) is 5.91 Å². The van der Waals surface area contributed by atoms with E-state index in [0.29, 0.717) is 29.6 Å². The van der Waals surface area contributed by atoms with Crippen LogP contribution in [-0.2, 0) is 12.3 Å². The number of hydrogen-bond donors (Lipinski definition) is 1. The zero-order valence-corrected chi connectivity index (χ0v) is 15.0. The Kier molecular flexibility index (Phi) is 5.32. The van der Waals surface area contributed by atoms with E-state index in [1.54, 1.807) is 18.3 Å². The fourth-order valence-electron chi connectivity index (χ4n) is 2.16. The monoisotopic (exact) mass is 359 g/mol. The van der Waals surface area contributed by atoms with E-state index in [2.05, 4.69) is 28.4 Å². The van der Waals surface area contributed by atoms with Crippen LogP contribution in [0.1, 0.15) is 32.5 Å². The second-order valence-corrected chi connectivity index (χ2v) is 7.24. The lowest BCUT2D eigenvalue weighted by atomic mass is 10.2. The van der Waals surface area contributed by atoms with Crippen molar-refractivity contribution in [1.82, 2.24) is 15.5 Å². The first-order chi connectivity index (χ1) is 11.6. The topological polar surface area (TPSA) is 68.0 Å². The number of thioether (sulfide) groups is 1. The van der Waals surface area contributed by atoms with Gasteiger partial charge in [0.15, 0.2) is 5.82 Å². The van der Waals surface area contributed by atoms with Crippen molar-refractivity contribution >= 4 is 29.0 Å². The van der Waals surface area contributed by atoms with E-state index < -0.39 is 0 Å². The summed E-state index contributed by atoms with van der Waals surface area (Å²) in [6.45, 7) is 4.36. The lowest BCUT2D eigenvalue weighted by molar-refractivity contribution is 0.0948. The largest absolute Gasteiger partial charge is 0.347 e. The lowest BCUT2D eigenvalue weighted by Gasteiger charge is -2.09. The number of nitrogens with one attached hydrogen (secondary N) is 1. The van der Waals surface area contributed by atoms with Crippen LogP contribution in [0.25, 0.3) is 0 Å². The Balaban J connectivity index is 1.66. The van der Waals surface area contributed by atoms with Gasteiger partial charge < -0.3 is 9.84 Å². The second kappa shape index (κ2) is 7.63. The summed E-state index contributed by atoms with van der Waals surface area (Å²) in [5.41, 5.74) is 1.87. The molecule has 0 bridgehead atoms. The van der Waals surface area contributed by atoms with Crippen molar-refractivity contribution < 1.29 is 9.32 Å². The molecular formula is C17H17N3O2S2. The van der Waals surface area contributed by atoms with Crippen LogP contribution < -0.4 is 5.32 Å². The van der Waals surface area contributed by atoms with Crippen molar-refractivity contribution in [3.8, 4) is 0 Å². The Hall–Kier alpha value is -2.12. The number of rotatable bonds is 6. The van der Waals surface area contributed by atoms with Crippen molar-refractivity contribution in [2.24, 2.45) is 0 Å². The predicted octanol–water partition coefficient (Wildman–Crippen LogP) is 3.97. The summed E-state index contributed by atoms with van der Waals surface area (Å²) in [6, 6.07) is 9.62. The van der Waals surface area contributed by atoms with E-state index in [-0.39, 0.29) is 5.91 Å². The Morgan fingerprint density at radius 2 is 2.12 bits per heavy atom. The quantitative estimate of drug-likeness (QED) is 0.675. The Morgan fingerprint density at radius 1 is 1.29 bits per heavy atom. The van der Waals surface area contributed by atoms with Crippen LogP contribution >= 0.6 is 23.1 Å². The summed E-state index contributed by atoms with van der Waals surface area (Å²) < 4.78 is 4.97. The first-order valence-corrected chi connectivity index (χ1v) is 9.32. The number of carbonyl (C=O) groups is 1. The third-order valence-electron chi connectivity index (χ3n) is 3.44. The highest BCUT2D eigenvalue weighted by atomic mass is 32.2. The minimum absolute atomic E-state index is 0.0739. The van der Waals surface area contributed by atoms with Gasteiger partial charge >= 0.3 is 0 Å². The Bertz CT molecular complexity index is 842. The molecule has 24 heavy (non-hydrogen) atoms. The molecule has 5 nitrogen and oxygen atoms in total. The first kappa shape index (κ1) is 16.7. The highest BCUT2D eigenvalue weighted by molar-refractivity contribution is 7.98. The molecule has 1 N–H and O–H groups in total. The van der Waals surface area contributed by atoms with Gasteiger partial charge in [-0.25, -0.2) is 0 Å². The van der Waals surface area contributed by atoms with Crippen LogP contribution in [0.15, 0.2) is 45.1 Å². The molecule has 0 unspecified atom stereocenters. The fraction of sp³-hybridized carbons (Fsp3) is 0.235. The van der Waals surface area contributed by atoms with Crippen molar-refractivity contribution in [2.75, 3.05) is 0 Å². The van der Waals surface area contributed by atoms with Crippen LogP contribution in [0.4, 0.5) is 0 Å². The zero-order chi connectivity index (χ0) is 16.9. The average molecular weight is 359 g/mol. The van der Waals surface area contributed by atoms with Crippen molar-refractivity contribution in [1.29, 1.82) is 0 Å². The summed E-state index contributed by atoms with van der Waals surface area (Å²) in [4.78, 5) is 18.8. The second-order valence-electron chi connectivity index (χ2n) is 5.22. The van der Waals surface area contributed by atoms with Crippen molar-refractivity contribution in [3.63, 3.8) is 0 Å². The molecule has 0 atom stereocenters. The Labute approximate surface area is 148 Å². The molecule has 7 heteroatoms. The molecule has 0 radical (unpaired) electrons. The third kappa shape index (κ3) is 4.04. The molecular weight excluding hydrogens is 342 g/mol. The summed E-state index contributed by atoms with van der Waals surface area (Å²) >= 11 is 3.18. The minimum atomic E-state index is -0.0739. The van der Waals surface area contributed by atoms with Gasteiger partial charge in [-0.1, -0.05) is 17.3 Å². The minimum Gasteiger partial charge on any atom is -0.347 e. The molecule has 124 valence electrons. The molecule has 0 aliphatic rings. The molecule has 3 rings (SSSR count). The van der Waals surface area contributed by atoms with Gasteiger partial charge in [0, 0.05) is 16.7 Å². The zero-order valence-electron chi connectivity index (χ0n) is 13.4. The Morgan fingerprint density at radius 3 is 2.83 bits per heavy atom. The fourth-order valence-corrected chi connectivity index (χ4v) is 3.90. The normalized spacial score (nSPS) is 10.8. The van der Waals surface area contributed by atoms with Crippen molar-refractivity contribution in [2.45, 2.75) is 31.0 Å². The molecule has 0 saturated carbocycles. The molecule has 0 aliphatic carbocycles. The van der Waals surface area contributed by atoms with Gasteiger partial charge in [-0.3, -0.25) is 4.79 Å². The number of aromatic nitrogens is 2. The van der Waals surface area contributed by atoms with Gasteiger partial charge in [-0.05, 0) is 36.1 Å². The molecule has 0 fully saturated rings. The molecule has 2 heterocycles. The maximum absolute atomic E-state index is 12.5.